The van der Waals surface area contributed by atoms with Crippen LogP contribution in [0.25, 0.3) is 0 Å². The van der Waals surface area contributed by atoms with E-state index >= 15 is 0 Å². The van der Waals surface area contributed by atoms with Crippen LogP contribution in [0.4, 0.5) is 0 Å². The average molecular weight is 186 g/mol. The summed E-state index contributed by atoms with van der Waals surface area (Å²) < 4.78 is 4.84. The number of rotatable bonds is 5. The average Bonchev–Trinajstić information content (AvgIpc) is 2.05. The van der Waals surface area contributed by atoms with E-state index in [4.69, 9.17) is 4.74 Å². The zero-order valence-electron chi connectivity index (χ0n) is 8.74. The number of carbonyl (C=O) groups excluding carboxylic acids is 2. The third-order valence-electron chi connectivity index (χ3n) is 2.16. The Bertz CT molecular complexity index is 175. The third-order valence-corrected chi connectivity index (χ3v) is 2.16. The van der Waals surface area contributed by atoms with Gasteiger partial charge in [0.2, 0.25) is 0 Å². The predicted octanol–water partition coefficient (Wildman–Crippen LogP) is 1.66. The van der Waals surface area contributed by atoms with Crippen molar-refractivity contribution in [3.8, 4) is 0 Å². The molecule has 0 rings (SSSR count). The van der Waals surface area contributed by atoms with E-state index in [-0.39, 0.29) is 23.7 Å². The van der Waals surface area contributed by atoms with Gasteiger partial charge in [0.05, 0.1) is 12.5 Å². The Labute approximate surface area is 79.5 Å². The topological polar surface area (TPSA) is 43.4 Å². The first-order valence-corrected chi connectivity index (χ1v) is 4.66. The Hall–Kier alpha value is -0.860. The standard InChI is InChI=1S/C10H18O3/c1-5-13-10(12)8(4)9(6-11)7(2)3/h6-9H,5H2,1-4H3/t8-,9-/m0/s1. The van der Waals surface area contributed by atoms with Gasteiger partial charge in [0.25, 0.3) is 0 Å². The van der Waals surface area contributed by atoms with Crippen molar-refractivity contribution >= 4 is 12.3 Å². The molecule has 0 radical (unpaired) electrons. The zero-order valence-corrected chi connectivity index (χ0v) is 8.74. The lowest BCUT2D eigenvalue weighted by Crippen LogP contribution is -2.27. The molecular formula is C10H18O3. The van der Waals surface area contributed by atoms with Crippen LogP contribution >= 0.6 is 0 Å². The number of ether oxygens (including phenoxy) is 1. The minimum Gasteiger partial charge on any atom is -0.466 e. The van der Waals surface area contributed by atoms with Crippen molar-refractivity contribution in [1.29, 1.82) is 0 Å². The highest BCUT2D eigenvalue weighted by atomic mass is 16.5. The second-order valence-electron chi connectivity index (χ2n) is 3.50. The molecule has 0 saturated heterocycles. The van der Waals surface area contributed by atoms with Crippen molar-refractivity contribution in [2.75, 3.05) is 6.61 Å². The van der Waals surface area contributed by atoms with E-state index in [2.05, 4.69) is 0 Å². The van der Waals surface area contributed by atoms with Gasteiger partial charge in [-0.3, -0.25) is 4.79 Å². The van der Waals surface area contributed by atoms with Crippen LogP contribution in [-0.4, -0.2) is 18.9 Å². The summed E-state index contributed by atoms with van der Waals surface area (Å²) in [6, 6.07) is 0. The van der Waals surface area contributed by atoms with Gasteiger partial charge >= 0.3 is 5.97 Å². The van der Waals surface area contributed by atoms with Crippen LogP contribution in [0.3, 0.4) is 0 Å². The molecule has 0 N–H and O–H groups in total. The number of hydrogen-bond donors (Lipinski definition) is 0. The fourth-order valence-corrected chi connectivity index (χ4v) is 1.28. The highest BCUT2D eigenvalue weighted by molar-refractivity contribution is 5.76. The highest BCUT2D eigenvalue weighted by Gasteiger charge is 2.26. The van der Waals surface area contributed by atoms with Crippen LogP contribution in [0.2, 0.25) is 0 Å². The summed E-state index contributed by atoms with van der Waals surface area (Å²) in [6.07, 6.45) is 0.840. The number of hydrogen-bond acceptors (Lipinski definition) is 3. The molecule has 0 bridgehead atoms. The maximum absolute atomic E-state index is 11.3. The molecule has 0 saturated carbocycles. The van der Waals surface area contributed by atoms with Gasteiger partial charge in [0, 0.05) is 5.92 Å². The molecular weight excluding hydrogens is 168 g/mol. The molecule has 0 aliphatic heterocycles. The summed E-state index contributed by atoms with van der Waals surface area (Å²) in [6.45, 7) is 7.71. The van der Waals surface area contributed by atoms with Gasteiger partial charge < -0.3 is 9.53 Å². The molecule has 76 valence electrons. The molecule has 0 aliphatic rings. The van der Waals surface area contributed by atoms with Crippen LogP contribution in [-0.2, 0) is 14.3 Å². The van der Waals surface area contributed by atoms with E-state index in [1.807, 2.05) is 13.8 Å². The maximum atomic E-state index is 11.3. The van der Waals surface area contributed by atoms with Crippen molar-refractivity contribution in [2.24, 2.45) is 17.8 Å². The van der Waals surface area contributed by atoms with Gasteiger partial charge in [-0.2, -0.15) is 0 Å². The van der Waals surface area contributed by atoms with Gasteiger partial charge in [-0.05, 0) is 12.8 Å². The van der Waals surface area contributed by atoms with Crippen LogP contribution in [0.15, 0.2) is 0 Å². The van der Waals surface area contributed by atoms with Gasteiger partial charge in [0.15, 0.2) is 0 Å². The SMILES string of the molecule is CCOC(=O)[C@@H](C)[C@@H](C=O)C(C)C. The van der Waals surface area contributed by atoms with E-state index < -0.39 is 0 Å². The highest BCUT2D eigenvalue weighted by Crippen LogP contribution is 2.19. The molecule has 0 fully saturated rings. The first-order valence-electron chi connectivity index (χ1n) is 4.66. The van der Waals surface area contributed by atoms with E-state index in [0.717, 1.165) is 6.29 Å². The molecule has 13 heavy (non-hydrogen) atoms. The first kappa shape index (κ1) is 12.1. The van der Waals surface area contributed by atoms with Crippen molar-refractivity contribution in [2.45, 2.75) is 27.7 Å². The Balaban J connectivity index is 4.27. The molecule has 0 aromatic carbocycles. The summed E-state index contributed by atoms with van der Waals surface area (Å²) >= 11 is 0. The van der Waals surface area contributed by atoms with Gasteiger partial charge in [-0.15, -0.1) is 0 Å². The predicted molar refractivity (Wildman–Crippen MR) is 50.2 cm³/mol. The molecule has 0 amide bonds. The molecule has 0 aromatic heterocycles. The van der Waals surface area contributed by atoms with E-state index in [0.29, 0.717) is 6.61 Å². The smallest absolute Gasteiger partial charge is 0.309 e. The second-order valence-corrected chi connectivity index (χ2v) is 3.50. The van der Waals surface area contributed by atoms with Crippen LogP contribution in [0.5, 0.6) is 0 Å². The lowest BCUT2D eigenvalue weighted by Gasteiger charge is -2.20. The van der Waals surface area contributed by atoms with Crippen LogP contribution in [0, 0.1) is 17.8 Å². The Morgan fingerprint density at radius 3 is 2.23 bits per heavy atom. The van der Waals surface area contributed by atoms with Gasteiger partial charge in [-0.1, -0.05) is 20.8 Å². The second kappa shape index (κ2) is 5.73. The maximum Gasteiger partial charge on any atom is 0.309 e. The Morgan fingerprint density at radius 1 is 1.38 bits per heavy atom. The summed E-state index contributed by atoms with van der Waals surface area (Å²) in [7, 11) is 0. The number of aldehydes is 1. The van der Waals surface area contributed by atoms with Crippen molar-refractivity contribution < 1.29 is 14.3 Å². The molecule has 0 aromatic rings. The van der Waals surface area contributed by atoms with Crippen LogP contribution in [0.1, 0.15) is 27.7 Å². The monoisotopic (exact) mass is 186 g/mol. The number of carbonyl (C=O) groups is 2. The van der Waals surface area contributed by atoms with Crippen molar-refractivity contribution in [3.05, 3.63) is 0 Å². The van der Waals surface area contributed by atoms with Crippen molar-refractivity contribution in [3.63, 3.8) is 0 Å². The summed E-state index contributed by atoms with van der Waals surface area (Å²) in [5.41, 5.74) is 0. The summed E-state index contributed by atoms with van der Waals surface area (Å²) in [5, 5.41) is 0. The molecule has 3 heteroatoms. The summed E-state index contributed by atoms with van der Waals surface area (Å²) in [4.78, 5) is 22.0. The van der Waals surface area contributed by atoms with E-state index in [9.17, 15) is 9.59 Å². The van der Waals surface area contributed by atoms with E-state index in [1.54, 1.807) is 13.8 Å². The Morgan fingerprint density at radius 2 is 1.92 bits per heavy atom. The quantitative estimate of drug-likeness (QED) is 0.484. The largest absolute Gasteiger partial charge is 0.466 e. The molecule has 0 aliphatic carbocycles. The molecule has 0 unspecified atom stereocenters. The van der Waals surface area contributed by atoms with Crippen LogP contribution < -0.4 is 0 Å². The van der Waals surface area contributed by atoms with Gasteiger partial charge in [-0.25, -0.2) is 0 Å². The Kier molecular flexibility index (Phi) is 5.35. The minimum absolute atomic E-state index is 0.178. The summed E-state index contributed by atoms with van der Waals surface area (Å²) in [5.74, 6) is -0.679. The van der Waals surface area contributed by atoms with Gasteiger partial charge in [0.1, 0.15) is 6.29 Å². The normalized spacial score (nSPS) is 15.2. The fraction of sp³-hybridized carbons (Fsp3) is 0.800. The molecule has 0 spiro atoms. The lowest BCUT2D eigenvalue weighted by atomic mass is 9.86. The minimum atomic E-state index is -0.336. The van der Waals surface area contributed by atoms with E-state index in [1.165, 1.54) is 0 Å². The first-order chi connectivity index (χ1) is 6.04. The fourth-order valence-electron chi connectivity index (χ4n) is 1.28. The number of esters is 1. The molecule has 0 heterocycles. The third kappa shape index (κ3) is 3.57. The lowest BCUT2D eigenvalue weighted by molar-refractivity contribution is -0.151. The molecule has 2 atom stereocenters. The van der Waals surface area contributed by atoms with Crippen molar-refractivity contribution in [1.82, 2.24) is 0 Å². The molecule has 3 nitrogen and oxygen atoms in total. The zero-order chi connectivity index (χ0) is 10.4.